The van der Waals surface area contributed by atoms with Gasteiger partial charge in [-0.3, -0.25) is 4.79 Å². The summed E-state index contributed by atoms with van der Waals surface area (Å²) in [5, 5.41) is 3.46. The van der Waals surface area contributed by atoms with E-state index in [1.165, 1.54) is 0 Å². The number of hydrogen-bond donors (Lipinski definition) is 1. The molecule has 1 aromatic heterocycles. The summed E-state index contributed by atoms with van der Waals surface area (Å²) in [7, 11) is 0. The van der Waals surface area contributed by atoms with E-state index in [1.807, 2.05) is 12.1 Å². The van der Waals surface area contributed by atoms with Crippen LogP contribution in [0.2, 0.25) is 0 Å². The predicted molar refractivity (Wildman–Crippen MR) is 87.7 cm³/mol. The van der Waals surface area contributed by atoms with Crippen LogP contribution in [0.4, 0.5) is 5.82 Å². The Hall–Kier alpha value is -1.66. The quantitative estimate of drug-likeness (QED) is 0.878. The van der Waals surface area contributed by atoms with Gasteiger partial charge in [-0.05, 0) is 37.9 Å². The summed E-state index contributed by atoms with van der Waals surface area (Å²) in [6, 6.07) is 4.50. The van der Waals surface area contributed by atoms with Crippen LogP contribution in [0.3, 0.4) is 0 Å². The molecule has 3 aliphatic rings. The van der Waals surface area contributed by atoms with Crippen molar-refractivity contribution in [3.05, 3.63) is 23.9 Å². The third-order valence-electron chi connectivity index (χ3n) is 5.22. The fraction of sp³-hybridized carbons (Fsp3) is 0.647. The molecule has 3 fully saturated rings. The highest BCUT2D eigenvalue weighted by atomic mass is 16.5. The van der Waals surface area contributed by atoms with Crippen LogP contribution in [0.1, 0.15) is 29.6 Å². The number of nitrogens with one attached hydrogen (secondary N) is 1. The number of fused-ring (bicyclic) bond motifs is 2. The first-order valence-corrected chi connectivity index (χ1v) is 8.65. The van der Waals surface area contributed by atoms with Crippen LogP contribution < -0.4 is 10.2 Å². The first kappa shape index (κ1) is 14.9. The van der Waals surface area contributed by atoms with Crippen molar-refractivity contribution < 1.29 is 9.53 Å². The van der Waals surface area contributed by atoms with Gasteiger partial charge in [0.25, 0.3) is 5.91 Å². The molecule has 1 amide bonds. The molecule has 0 saturated carbocycles. The van der Waals surface area contributed by atoms with E-state index in [-0.39, 0.29) is 5.91 Å². The van der Waals surface area contributed by atoms with Gasteiger partial charge in [0.1, 0.15) is 5.82 Å². The van der Waals surface area contributed by atoms with Gasteiger partial charge >= 0.3 is 0 Å². The first-order chi connectivity index (χ1) is 11.3. The van der Waals surface area contributed by atoms with Crippen molar-refractivity contribution in [1.82, 2.24) is 15.2 Å². The lowest BCUT2D eigenvalue weighted by atomic mass is 10.1. The second kappa shape index (κ2) is 6.45. The highest BCUT2D eigenvalue weighted by molar-refractivity contribution is 5.99. The van der Waals surface area contributed by atoms with Gasteiger partial charge in [0.2, 0.25) is 0 Å². The van der Waals surface area contributed by atoms with Gasteiger partial charge in [-0.25, -0.2) is 4.98 Å². The SMILES string of the molecule is O=C(c1cccnc1N1CCOCC1)N1C2CCNCC1CC2. The Kier molecular flexibility index (Phi) is 4.18. The molecular weight excluding hydrogens is 292 g/mol. The van der Waals surface area contributed by atoms with Crippen LogP contribution >= 0.6 is 0 Å². The zero-order chi connectivity index (χ0) is 15.6. The monoisotopic (exact) mass is 316 g/mol. The van der Waals surface area contributed by atoms with Crippen molar-refractivity contribution in [1.29, 1.82) is 0 Å². The lowest BCUT2D eigenvalue weighted by molar-refractivity contribution is 0.0679. The Morgan fingerprint density at radius 1 is 1.22 bits per heavy atom. The molecule has 1 aromatic rings. The number of amides is 1. The van der Waals surface area contributed by atoms with E-state index in [0.717, 1.165) is 56.8 Å². The second-order valence-electron chi connectivity index (χ2n) is 6.56. The Morgan fingerprint density at radius 2 is 2.04 bits per heavy atom. The molecule has 3 aliphatic heterocycles. The van der Waals surface area contributed by atoms with Gasteiger partial charge in [-0.1, -0.05) is 0 Å². The minimum Gasteiger partial charge on any atom is -0.378 e. The molecule has 2 atom stereocenters. The number of morpholine rings is 1. The van der Waals surface area contributed by atoms with Crippen LogP contribution in [-0.2, 0) is 4.74 Å². The zero-order valence-corrected chi connectivity index (χ0v) is 13.4. The molecule has 0 aliphatic carbocycles. The van der Waals surface area contributed by atoms with Crippen molar-refractivity contribution in [3.63, 3.8) is 0 Å². The molecule has 23 heavy (non-hydrogen) atoms. The second-order valence-corrected chi connectivity index (χ2v) is 6.56. The summed E-state index contributed by atoms with van der Waals surface area (Å²) in [5.74, 6) is 0.966. The molecule has 6 nitrogen and oxygen atoms in total. The van der Waals surface area contributed by atoms with E-state index in [1.54, 1.807) is 6.20 Å². The van der Waals surface area contributed by atoms with Crippen molar-refractivity contribution in [2.24, 2.45) is 0 Å². The van der Waals surface area contributed by atoms with Gasteiger partial charge in [0, 0.05) is 37.9 Å². The maximum Gasteiger partial charge on any atom is 0.258 e. The third-order valence-corrected chi connectivity index (χ3v) is 5.22. The van der Waals surface area contributed by atoms with Crippen molar-refractivity contribution >= 4 is 11.7 Å². The Bertz CT molecular complexity index is 559. The van der Waals surface area contributed by atoms with Crippen molar-refractivity contribution in [2.45, 2.75) is 31.3 Å². The molecule has 124 valence electrons. The molecule has 4 rings (SSSR count). The minimum atomic E-state index is 0.149. The molecular formula is C17H24N4O2. The lowest BCUT2D eigenvalue weighted by Gasteiger charge is -2.32. The van der Waals surface area contributed by atoms with Crippen LogP contribution in [0, 0.1) is 0 Å². The number of rotatable bonds is 2. The van der Waals surface area contributed by atoms with E-state index in [4.69, 9.17) is 4.74 Å². The normalized spacial score (nSPS) is 27.8. The van der Waals surface area contributed by atoms with E-state index in [0.29, 0.717) is 25.3 Å². The smallest absolute Gasteiger partial charge is 0.258 e. The van der Waals surface area contributed by atoms with E-state index in [2.05, 4.69) is 20.1 Å². The maximum atomic E-state index is 13.3. The molecule has 6 heteroatoms. The van der Waals surface area contributed by atoms with Gasteiger partial charge in [-0.15, -0.1) is 0 Å². The molecule has 3 saturated heterocycles. The number of carbonyl (C=O) groups excluding carboxylic acids is 1. The fourth-order valence-corrected chi connectivity index (χ4v) is 4.04. The van der Waals surface area contributed by atoms with Crippen LogP contribution in [0.15, 0.2) is 18.3 Å². The van der Waals surface area contributed by atoms with Gasteiger partial charge < -0.3 is 19.9 Å². The summed E-state index contributed by atoms with van der Waals surface area (Å²) >= 11 is 0. The molecule has 4 heterocycles. The molecule has 1 N–H and O–H groups in total. The Morgan fingerprint density at radius 3 is 2.91 bits per heavy atom. The molecule has 2 unspecified atom stereocenters. The summed E-state index contributed by atoms with van der Waals surface area (Å²) in [6.45, 7) is 4.91. The number of aromatic nitrogens is 1. The van der Waals surface area contributed by atoms with E-state index >= 15 is 0 Å². The average Bonchev–Trinajstić information content (AvgIpc) is 2.88. The summed E-state index contributed by atoms with van der Waals surface area (Å²) in [6.07, 6.45) is 5.07. The van der Waals surface area contributed by atoms with Crippen LogP contribution in [0.25, 0.3) is 0 Å². The third kappa shape index (κ3) is 2.81. The molecule has 0 spiro atoms. The topological polar surface area (TPSA) is 57.7 Å². The number of ether oxygens (including phenoxy) is 1. The number of pyridine rings is 1. The fourth-order valence-electron chi connectivity index (χ4n) is 4.04. The Balaban J connectivity index is 1.63. The lowest BCUT2D eigenvalue weighted by Crippen LogP contribution is -2.44. The number of carbonyl (C=O) groups is 1. The Labute approximate surface area is 136 Å². The summed E-state index contributed by atoms with van der Waals surface area (Å²) < 4.78 is 5.43. The number of anilines is 1. The maximum absolute atomic E-state index is 13.3. The predicted octanol–water partition coefficient (Wildman–Crippen LogP) is 0.885. The first-order valence-electron chi connectivity index (χ1n) is 8.65. The van der Waals surface area contributed by atoms with E-state index < -0.39 is 0 Å². The summed E-state index contributed by atoms with van der Waals surface area (Å²) in [5.41, 5.74) is 0.744. The molecule has 0 radical (unpaired) electrons. The largest absolute Gasteiger partial charge is 0.378 e. The van der Waals surface area contributed by atoms with Crippen LogP contribution in [-0.4, -0.2) is 67.3 Å². The molecule has 2 bridgehead atoms. The standard InChI is InChI=1S/C17H24N4O2/c22-17(21-13-3-4-14(21)12-18-7-5-13)15-2-1-6-19-16(15)20-8-10-23-11-9-20/h1-2,6,13-14,18H,3-5,7-12H2. The van der Waals surface area contributed by atoms with Gasteiger partial charge in [0.05, 0.1) is 18.8 Å². The highest BCUT2D eigenvalue weighted by Gasteiger charge is 2.39. The highest BCUT2D eigenvalue weighted by Crippen LogP contribution is 2.31. The average molecular weight is 316 g/mol. The zero-order valence-electron chi connectivity index (χ0n) is 13.4. The number of nitrogens with zero attached hydrogens (tertiary/aromatic N) is 3. The molecule has 0 aromatic carbocycles. The van der Waals surface area contributed by atoms with Gasteiger partial charge in [-0.2, -0.15) is 0 Å². The van der Waals surface area contributed by atoms with Crippen LogP contribution in [0.5, 0.6) is 0 Å². The van der Waals surface area contributed by atoms with E-state index in [9.17, 15) is 4.79 Å². The summed E-state index contributed by atoms with van der Waals surface area (Å²) in [4.78, 5) is 22.1. The number of hydrogen-bond acceptors (Lipinski definition) is 5. The van der Waals surface area contributed by atoms with Gasteiger partial charge in [0.15, 0.2) is 0 Å². The minimum absolute atomic E-state index is 0.149. The van der Waals surface area contributed by atoms with Crippen molar-refractivity contribution in [3.8, 4) is 0 Å². The van der Waals surface area contributed by atoms with Crippen molar-refractivity contribution in [2.75, 3.05) is 44.3 Å².